The largest absolute Gasteiger partial charge is 0.326 e. The molecule has 166 valence electrons. The molecule has 1 heterocycles. The monoisotopic (exact) mass is 420 g/mol. The van der Waals surface area contributed by atoms with Gasteiger partial charge in [-0.25, -0.2) is 0 Å². The number of carbonyl (C=O) groups is 2. The summed E-state index contributed by atoms with van der Waals surface area (Å²) in [5.41, 5.74) is 4.24. The summed E-state index contributed by atoms with van der Waals surface area (Å²) in [6, 6.07) is 16.2. The molecule has 0 radical (unpaired) electrons. The Morgan fingerprint density at radius 3 is 2.42 bits per heavy atom. The van der Waals surface area contributed by atoms with Gasteiger partial charge >= 0.3 is 0 Å². The Morgan fingerprint density at radius 1 is 1.03 bits per heavy atom. The van der Waals surface area contributed by atoms with Crippen LogP contribution in [0.3, 0.4) is 0 Å². The van der Waals surface area contributed by atoms with Crippen molar-refractivity contribution in [1.29, 1.82) is 0 Å². The van der Waals surface area contributed by atoms with E-state index in [0.29, 0.717) is 12.3 Å². The minimum atomic E-state index is -0.0147. The fraction of sp³-hybridized carbons (Fsp3) is 0.481. The molecule has 1 fully saturated rings. The first-order valence-electron chi connectivity index (χ1n) is 11.7. The number of likely N-dealkylation sites (tertiary alicyclic amines) is 1. The van der Waals surface area contributed by atoms with Crippen LogP contribution >= 0.6 is 0 Å². The Morgan fingerprint density at radius 2 is 1.74 bits per heavy atom. The summed E-state index contributed by atoms with van der Waals surface area (Å²) in [4.78, 5) is 26.8. The van der Waals surface area contributed by atoms with Crippen molar-refractivity contribution >= 4 is 17.4 Å². The maximum Gasteiger partial charge on any atom is 0.226 e. The van der Waals surface area contributed by atoms with E-state index in [1.807, 2.05) is 57.2 Å². The molecule has 1 amide bonds. The number of anilines is 1. The predicted molar refractivity (Wildman–Crippen MR) is 128 cm³/mol. The fourth-order valence-electron chi connectivity index (χ4n) is 4.15. The van der Waals surface area contributed by atoms with Gasteiger partial charge in [0, 0.05) is 23.6 Å². The maximum absolute atomic E-state index is 12.3. The first kappa shape index (κ1) is 23.2. The molecule has 1 aliphatic heterocycles. The van der Waals surface area contributed by atoms with Crippen LogP contribution in [0.5, 0.6) is 0 Å². The van der Waals surface area contributed by atoms with Crippen molar-refractivity contribution in [2.45, 2.75) is 58.8 Å². The number of Topliss-reactive ketones (excluding diaryl/α,β-unsaturated/α-hetero) is 1. The summed E-state index contributed by atoms with van der Waals surface area (Å²) in [5, 5.41) is 3.01. The van der Waals surface area contributed by atoms with Gasteiger partial charge < -0.3 is 10.2 Å². The summed E-state index contributed by atoms with van der Waals surface area (Å²) >= 11 is 0. The molecule has 4 nitrogen and oxygen atoms in total. The minimum Gasteiger partial charge on any atom is -0.326 e. The molecule has 1 N–H and O–H groups in total. The van der Waals surface area contributed by atoms with Gasteiger partial charge in [0.05, 0.1) is 0 Å². The molecule has 4 heteroatoms. The second-order valence-corrected chi connectivity index (χ2v) is 9.13. The van der Waals surface area contributed by atoms with Crippen LogP contribution < -0.4 is 5.32 Å². The quantitative estimate of drug-likeness (QED) is 0.411. The second kappa shape index (κ2) is 11.2. The Hall–Kier alpha value is -2.46. The third-order valence-electron chi connectivity index (χ3n) is 6.24. The Kier molecular flexibility index (Phi) is 8.42. The molecule has 0 atom stereocenters. The number of rotatable bonds is 9. The number of benzene rings is 2. The Bertz CT molecular complexity index is 865. The summed E-state index contributed by atoms with van der Waals surface area (Å²) in [5.74, 6) is 0.852. The van der Waals surface area contributed by atoms with Gasteiger partial charge in [-0.1, -0.05) is 55.8 Å². The molecule has 1 aliphatic rings. The number of ketones is 1. The van der Waals surface area contributed by atoms with E-state index < -0.39 is 0 Å². The van der Waals surface area contributed by atoms with Gasteiger partial charge in [0.2, 0.25) is 5.91 Å². The fourth-order valence-corrected chi connectivity index (χ4v) is 4.15. The third kappa shape index (κ3) is 7.03. The number of hydrogen-bond acceptors (Lipinski definition) is 3. The smallest absolute Gasteiger partial charge is 0.226 e. The summed E-state index contributed by atoms with van der Waals surface area (Å²) in [7, 11) is 0. The van der Waals surface area contributed by atoms with Gasteiger partial charge in [0.1, 0.15) is 0 Å². The van der Waals surface area contributed by atoms with Gasteiger partial charge in [0.25, 0.3) is 0 Å². The molecule has 2 aromatic rings. The van der Waals surface area contributed by atoms with Gasteiger partial charge in [-0.2, -0.15) is 0 Å². The van der Waals surface area contributed by atoms with E-state index in [2.05, 4.69) is 22.3 Å². The molecule has 0 saturated carbocycles. The zero-order valence-electron chi connectivity index (χ0n) is 19.2. The van der Waals surface area contributed by atoms with E-state index in [9.17, 15) is 9.59 Å². The Labute approximate surface area is 187 Å². The number of piperidine rings is 1. The van der Waals surface area contributed by atoms with Crippen LogP contribution in [0.25, 0.3) is 0 Å². The number of nitrogens with one attached hydrogen (secondary N) is 1. The highest BCUT2D eigenvalue weighted by Gasteiger charge is 2.21. The van der Waals surface area contributed by atoms with E-state index >= 15 is 0 Å². The summed E-state index contributed by atoms with van der Waals surface area (Å²) < 4.78 is 0. The lowest BCUT2D eigenvalue weighted by molar-refractivity contribution is -0.118. The molecule has 0 bridgehead atoms. The zero-order chi connectivity index (χ0) is 22.2. The first-order valence-corrected chi connectivity index (χ1v) is 11.7. The number of carbonyl (C=O) groups excluding carboxylic acids is 2. The van der Waals surface area contributed by atoms with Crippen molar-refractivity contribution in [3.8, 4) is 0 Å². The molecule has 2 aromatic carbocycles. The number of aryl methyl sites for hydroxylation is 1. The topological polar surface area (TPSA) is 49.4 Å². The molecular formula is C27H36N2O2. The van der Waals surface area contributed by atoms with Crippen LogP contribution in [0.15, 0.2) is 48.5 Å². The zero-order valence-corrected chi connectivity index (χ0v) is 19.2. The van der Waals surface area contributed by atoms with Crippen LogP contribution in [0.1, 0.15) is 73.4 Å². The van der Waals surface area contributed by atoms with E-state index in [-0.39, 0.29) is 17.6 Å². The average molecular weight is 421 g/mol. The molecule has 3 rings (SSSR count). The molecule has 0 aliphatic carbocycles. The molecule has 0 aromatic heterocycles. The van der Waals surface area contributed by atoms with Crippen LogP contribution in [0.2, 0.25) is 0 Å². The highest BCUT2D eigenvalue weighted by Crippen LogP contribution is 2.29. The predicted octanol–water partition coefficient (Wildman–Crippen LogP) is 5.82. The molecular weight excluding hydrogens is 384 g/mol. The van der Waals surface area contributed by atoms with Crippen LogP contribution in [0.4, 0.5) is 5.69 Å². The van der Waals surface area contributed by atoms with Crippen molar-refractivity contribution in [1.82, 2.24) is 4.90 Å². The van der Waals surface area contributed by atoms with Crippen molar-refractivity contribution in [3.05, 3.63) is 65.2 Å². The van der Waals surface area contributed by atoms with Gasteiger partial charge in [-0.05, 0) is 75.9 Å². The molecule has 0 unspecified atom stereocenters. The molecule has 1 saturated heterocycles. The lowest BCUT2D eigenvalue weighted by Crippen LogP contribution is -2.33. The summed E-state index contributed by atoms with van der Waals surface area (Å²) in [6.07, 6.45) is 4.94. The number of nitrogens with zero attached hydrogens (tertiary/aromatic N) is 1. The summed E-state index contributed by atoms with van der Waals surface area (Å²) in [6.45, 7) is 9.12. The van der Waals surface area contributed by atoms with E-state index in [1.165, 1.54) is 11.1 Å². The Balaban J connectivity index is 1.38. The van der Waals surface area contributed by atoms with Crippen molar-refractivity contribution < 1.29 is 9.59 Å². The van der Waals surface area contributed by atoms with Crippen molar-refractivity contribution in [2.24, 2.45) is 5.92 Å². The van der Waals surface area contributed by atoms with Gasteiger partial charge in [0.15, 0.2) is 5.78 Å². The molecule has 0 spiro atoms. The highest BCUT2D eigenvalue weighted by molar-refractivity contribution is 5.96. The SMILES string of the molecule is Cc1ccc(C(=O)CCCCN2CCC(c3cccc(NC(=O)C(C)C)c3)CC2)cc1. The van der Waals surface area contributed by atoms with Crippen LogP contribution in [0, 0.1) is 12.8 Å². The second-order valence-electron chi connectivity index (χ2n) is 9.13. The highest BCUT2D eigenvalue weighted by atomic mass is 16.1. The number of unbranched alkanes of at least 4 members (excludes halogenated alkanes) is 1. The van der Waals surface area contributed by atoms with E-state index in [4.69, 9.17) is 0 Å². The molecule has 31 heavy (non-hydrogen) atoms. The lowest BCUT2D eigenvalue weighted by Gasteiger charge is -2.32. The van der Waals surface area contributed by atoms with Crippen molar-refractivity contribution in [3.63, 3.8) is 0 Å². The number of amides is 1. The normalized spacial score (nSPS) is 15.2. The average Bonchev–Trinajstić information content (AvgIpc) is 2.77. The number of hydrogen-bond donors (Lipinski definition) is 1. The van der Waals surface area contributed by atoms with Gasteiger partial charge in [-0.15, -0.1) is 0 Å². The van der Waals surface area contributed by atoms with Crippen molar-refractivity contribution in [2.75, 3.05) is 25.0 Å². The maximum atomic E-state index is 12.3. The standard InChI is InChI=1S/C27H36N2O2/c1-20(2)27(31)28-25-8-6-7-24(19-25)22-14-17-29(18-15-22)16-5-4-9-26(30)23-12-10-21(3)11-13-23/h6-8,10-13,19-20,22H,4-5,9,14-18H2,1-3H3,(H,28,31). The first-order chi connectivity index (χ1) is 14.9. The van der Waals surface area contributed by atoms with E-state index in [0.717, 1.165) is 56.6 Å². The van der Waals surface area contributed by atoms with Gasteiger partial charge in [-0.3, -0.25) is 9.59 Å². The van der Waals surface area contributed by atoms with E-state index in [1.54, 1.807) is 0 Å². The lowest BCUT2D eigenvalue weighted by atomic mass is 9.89. The minimum absolute atomic E-state index is 0.0147. The third-order valence-corrected chi connectivity index (χ3v) is 6.24. The van der Waals surface area contributed by atoms with Crippen LogP contribution in [-0.4, -0.2) is 36.2 Å². The van der Waals surface area contributed by atoms with Crippen LogP contribution in [-0.2, 0) is 4.79 Å².